The van der Waals surface area contributed by atoms with Crippen LogP contribution in [0.2, 0.25) is 0 Å². The van der Waals surface area contributed by atoms with Crippen LogP contribution in [-0.2, 0) is 0 Å². The number of rotatable bonds is 2. The molecule has 1 aliphatic heterocycles. The predicted octanol–water partition coefficient (Wildman–Crippen LogP) is 3.13. The van der Waals surface area contributed by atoms with Gasteiger partial charge in [-0.05, 0) is 38.8 Å². The van der Waals surface area contributed by atoms with Crippen LogP contribution in [0.4, 0.5) is 5.82 Å². The molecule has 118 valence electrons. The second kappa shape index (κ2) is 5.65. The minimum atomic E-state index is 0.575. The van der Waals surface area contributed by atoms with E-state index in [0.717, 1.165) is 48.8 Å². The maximum atomic E-state index is 4.58. The molecule has 0 unspecified atom stereocenters. The number of hydrogen-bond donors (Lipinski definition) is 0. The average molecular weight is 307 g/mol. The van der Waals surface area contributed by atoms with E-state index in [0.29, 0.717) is 5.92 Å². The zero-order valence-electron chi connectivity index (χ0n) is 13.6. The molecule has 4 rings (SSSR count). The van der Waals surface area contributed by atoms with Gasteiger partial charge in [-0.15, -0.1) is 0 Å². The largest absolute Gasteiger partial charge is 0.356 e. The number of aryl methyl sites for hydroxylation is 2. The normalized spacial score (nSPS) is 16.2. The third-order valence-corrected chi connectivity index (χ3v) is 4.67. The van der Waals surface area contributed by atoms with Crippen LogP contribution < -0.4 is 4.90 Å². The van der Waals surface area contributed by atoms with Crippen molar-refractivity contribution in [2.45, 2.75) is 32.6 Å². The highest BCUT2D eigenvalue weighted by Crippen LogP contribution is 2.30. The smallest absolute Gasteiger partial charge is 0.137 e. The Hall–Kier alpha value is -2.43. The van der Waals surface area contributed by atoms with Crippen LogP contribution in [0.1, 0.15) is 35.8 Å². The SMILES string of the molecule is Cc1cc(N2CCC(c3cccc4nc(C)cn34)CC2)ncn1. The molecule has 0 spiro atoms. The summed E-state index contributed by atoms with van der Waals surface area (Å²) in [5.41, 5.74) is 4.53. The number of pyridine rings is 1. The molecule has 5 heteroatoms. The topological polar surface area (TPSA) is 46.3 Å². The van der Waals surface area contributed by atoms with Crippen molar-refractivity contribution in [2.75, 3.05) is 18.0 Å². The fraction of sp³-hybridized carbons (Fsp3) is 0.389. The minimum Gasteiger partial charge on any atom is -0.356 e. The molecule has 23 heavy (non-hydrogen) atoms. The summed E-state index contributed by atoms with van der Waals surface area (Å²) >= 11 is 0. The first kappa shape index (κ1) is 14.2. The van der Waals surface area contributed by atoms with E-state index in [9.17, 15) is 0 Å². The van der Waals surface area contributed by atoms with Gasteiger partial charge in [0.25, 0.3) is 0 Å². The van der Waals surface area contributed by atoms with Crippen molar-refractivity contribution in [1.29, 1.82) is 0 Å². The molecule has 0 aliphatic carbocycles. The van der Waals surface area contributed by atoms with Crippen LogP contribution >= 0.6 is 0 Å². The zero-order valence-corrected chi connectivity index (χ0v) is 13.6. The Balaban J connectivity index is 1.55. The van der Waals surface area contributed by atoms with Gasteiger partial charge in [0, 0.05) is 42.7 Å². The van der Waals surface area contributed by atoms with Crippen molar-refractivity contribution >= 4 is 11.5 Å². The number of fused-ring (bicyclic) bond motifs is 1. The van der Waals surface area contributed by atoms with Gasteiger partial charge in [0.05, 0.1) is 5.69 Å². The van der Waals surface area contributed by atoms with Crippen molar-refractivity contribution in [3.8, 4) is 0 Å². The summed E-state index contributed by atoms with van der Waals surface area (Å²) in [6.07, 6.45) is 6.08. The summed E-state index contributed by atoms with van der Waals surface area (Å²) in [6.45, 7) is 6.13. The van der Waals surface area contributed by atoms with E-state index in [-0.39, 0.29) is 0 Å². The molecule has 0 bridgehead atoms. The monoisotopic (exact) mass is 307 g/mol. The molecule has 1 fully saturated rings. The summed E-state index contributed by atoms with van der Waals surface area (Å²) in [4.78, 5) is 15.5. The maximum Gasteiger partial charge on any atom is 0.137 e. The van der Waals surface area contributed by atoms with E-state index in [1.807, 2.05) is 6.92 Å². The van der Waals surface area contributed by atoms with Crippen LogP contribution in [-0.4, -0.2) is 32.4 Å². The van der Waals surface area contributed by atoms with E-state index >= 15 is 0 Å². The van der Waals surface area contributed by atoms with E-state index in [4.69, 9.17) is 0 Å². The van der Waals surface area contributed by atoms with E-state index in [1.165, 1.54) is 5.69 Å². The first-order valence-corrected chi connectivity index (χ1v) is 8.19. The van der Waals surface area contributed by atoms with Crippen molar-refractivity contribution in [3.63, 3.8) is 0 Å². The molecule has 5 nitrogen and oxygen atoms in total. The van der Waals surface area contributed by atoms with Crippen LogP contribution in [0.15, 0.2) is 36.8 Å². The van der Waals surface area contributed by atoms with Gasteiger partial charge in [0.2, 0.25) is 0 Å². The summed E-state index contributed by atoms with van der Waals surface area (Å²) in [6, 6.07) is 8.51. The Morgan fingerprint density at radius 2 is 1.87 bits per heavy atom. The van der Waals surface area contributed by atoms with Crippen LogP contribution in [0.25, 0.3) is 5.65 Å². The van der Waals surface area contributed by atoms with Gasteiger partial charge in [-0.2, -0.15) is 0 Å². The van der Waals surface area contributed by atoms with Crippen LogP contribution in [0, 0.1) is 13.8 Å². The van der Waals surface area contributed by atoms with Gasteiger partial charge < -0.3 is 9.30 Å². The van der Waals surface area contributed by atoms with E-state index in [2.05, 4.69) is 61.6 Å². The van der Waals surface area contributed by atoms with Gasteiger partial charge in [-0.1, -0.05) is 6.07 Å². The second-order valence-electron chi connectivity index (χ2n) is 6.34. The number of hydrogen-bond acceptors (Lipinski definition) is 4. The maximum absolute atomic E-state index is 4.58. The second-order valence-corrected chi connectivity index (χ2v) is 6.34. The van der Waals surface area contributed by atoms with Crippen LogP contribution in [0.3, 0.4) is 0 Å². The lowest BCUT2D eigenvalue weighted by Crippen LogP contribution is -2.34. The highest BCUT2D eigenvalue weighted by molar-refractivity contribution is 5.43. The van der Waals surface area contributed by atoms with Gasteiger partial charge in [-0.25, -0.2) is 15.0 Å². The first-order valence-electron chi connectivity index (χ1n) is 8.19. The third kappa shape index (κ3) is 2.67. The van der Waals surface area contributed by atoms with Crippen molar-refractivity contribution in [2.24, 2.45) is 0 Å². The molecule has 0 N–H and O–H groups in total. The van der Waals surface area contributed by atoms with Crippen molar-refractivity contribution in [3.05, 3.63) is 53.9 Å². The average Bonchev–Trinajstić information content (AvgIpc) is 2.95. The lowest BCUT2D eigenvalue weighted by atomic mass is 9.93. The number of nitrogens with zero attached hydrogens (tertiary/aromatic N) is 5. The fourth-order valence-corrected chi connectivity index (χ4v) is 3.50. The lowest BCUT2D eigenvalue weighted by Gasteiger charge is -2.33. The standard InChI is InChI=1S/C18H21N5/c1-13-10-18(20-12-19-13)22-8-6-15(7-9-22)16-4-3-5-17-21-14(2)11-23(16)17/h3-5,10-12,15H,6-9H2,1-2H3. The highest BCUT2D eigenvalue weighted by Gasteiger charge is 2.23. The fourth-order valence-electron chi connectivity index (χ4n) is 3.50. The van der Waals surface area contributed by atoms with Gasteiger partial charge >= 0.3 is 0 Å². The quantitative estimate of drug-likeness (QED) is 0.730. The Morgan fingerprint density at radius 3 is 2.65 bits per heavy atom. The van der Waals surface area contributed by atoms with E-state index < -0.39 is 0 Å². The van der Waals surface area contributed by atoms with E-state index in [1.54, 1.807) is 6.33 Å². The molecule has 3 aromatic rings. The molecular weight excluding hydrogens is 286 g/mol. The Kier molecular flexibility index (Phi) is 3.48. The van der Waals surface area contributed by atoms with Gasteiger partial charge in [0.15, 0.2) is 0 Å². The van der Waals surface area contributed by atoms with Crippen molar-refractivity contribution < 1.29 is 0 Å². The molecule has 3 aromatic heterocycles. The molecule has 0 saturated carbocycles. The molecule has 0 amide bonds. The van der Waals surface area contributed by atoms with Gasteiger partial charge in [0.1, 0.15) is 17.8 Å². The molecular formula is C18H21N5. The Morgan fingerprint density at radius 1 is 1.04 bits per heavy atom. The zero-order chi connectivity index (χ0) is 15.8. The number of aromatic nitrogens is 4. The molecule has 0 aromatic carbocycles. The van der Waals surface area contributed by atoms with Crippen molar-refractivity contribution in [1.82, 2.24) is 19.4 Å². The molecule has 0 radical (unpaired) electrons. The molecule has 4 heterocycles. The summed E-state index contributed by atoms with van der Waals surface area (Å²) in [5.74, 6) is 1.62. The number of piperidine rings is 1. The first-order chi connectivity index (χ1) is 11.2. The summed E-state index contributed by atoms with van der Waals surface area (Å²) < 4.78 is 2.25. The molecule has 1 aliphatic rings. The molecule has 0 atom stereocenters. The van der Waals surface area contributed by atoms with Gasteiger partial charge in [-0.3, -0.25) is 0 Å². The highest BCUT2D eigenvalue weighted by atomic mass is 15.2. The minimum absolute atomic E-state index is 0.575. The Bertz CT molecular complexity index is 830. The number of imidazole rings is 1. The molecule has 1 saturated heterocycles. The number of anilines is 1. The summed E-state index contributed by atoms with van der Waals surface area (Å²) in [5, 5.41) is 0. The Labute approximate surface area is 136 Å². The lowest BCUT2D eigenvalue weighted by molar-refractivity contribution is 0.490. The third-order valence-electron chi connectivity index (χ3n) is 4.67. The predicted molar refractivity (Wildman–Crippen MR) is 90.9 cm³/mol. The van der Waals surface area contributed by atoms with Crippen LogP contribution in [0.5, 0.6) is 0 Å². The summed E-state index contributed by atoms with van der Waals surface area (Å²) in [7, 11) is 0.